The highest BCUT2D eigenvalue weighted by atomic mass is 32.2. The van der Waals surface area contributed by atoms with E-state index in [1.165, 1.54) is 4.31 Å². The third-order valence-electron chi connectivity index (χ3n) is 6.25. The van der Waals surface area contributed by atoms with Crippen LogP contribution in [0.3, 0.4) is 0 Å². The number of rotatable bonds is 8. The first kappa shape index (κ1) is 24.7. The summed E-state index contributed by atoms with van der Waals surface area (Å²) < 4.78 is 40.3. The van der Waals surface area contributed by atoms with Crippen LogP contribution in [0.5, 0.6) is 11.5 Å². The number of aromatic nitrogens is 2. The van der Waals surface area contributed by atoms with E-state index < -0.39 is 22.0 Å². The number of nitrogens with zero attached hydrogens (tertiary/aromatic N) is 3. The van der Waals surface area contributed by atoms with Crippen LogP contribution in [-0.2, 0) is 21.9 Å². The summed E-state index contributed by atoms with van der Waals surface area (Å²) in [7, 11) is 1.31. The van der Waals surface area contributed by atoms with E-state index >= 15 is 0 Å². The van der Waals surface area contributed by atoms with Gasteiger partial charge >= 0.3 is 0 Å². The number of ether oxygens (including phenoxy) is 2. The van der Waals surface area contributed by atoms with Crippen LogP contribution in [0.1, 0.15) is 30.3 Å². The minimum absolute atomic E-state index is 0.123. The highest BCUT2D eigenvalue weighted by molar-refractivity contribution is 7.89. The molecule has 1 aromatic heterocycles. The fourth-order valence-electron chi connectivity index (χ4n) is 4.32. The quantitative estimate of drug-likeness (QED) is 0.512. The van der Waals surface area contributed by atoms with Crippen molar-refractivity contribution in [1.29, 1.82) is 0 Å². The highest BCUT2D eigenvalue weighted by Gasteiger charge is 2.34. The van der Waals surface area contributed by atoms with Crippen LogP contribution in [0, 0.1) is 5.92 Å². The summed E-state index contributed by atoms with van der Waals surface area (Å²) >= 11 is 0. The number of benzene rings is 2. The van der Waals surface area contributed by atoms with E-state index in [4.69, 9.17) is 9.47 Å². The Morgan fingerprint density at radius 1 is 1.11 bits per heavy atom. The van der Waals surface area contributed by atoms with E-state index in [9.17, 15) is 13.2 Å². The van der Waals surface area contributed by atoms with Gasteiger partial charge in [0.1, 0.15) is 23.4 Å². The largest absolute Gasteiger partial charge is 0.497 e. The lowest BCUT2D eigenvalue weighted by Gasteiger charge is -2.32. The SMILES string of the molecule is COc1cc(OC)cc(C(NC(=O)C2CCCN(S(=O)(=O)c3ccccc3)C2)c2nccn2C)c1. The summed E-state index contributed by atoms with van der Waals surface area (Å²) in [5.41, 5.74) is 0.744. The minimum atomic E-state index is -3.67. The van der Waals surface area contributed by atoms with Gasteiger partial charge < -0.3 is 19.4 Å². The molecule has 0 aliphatic carbocycles. The molecule has 2 aromatic carbocycles. The summed E-state index contributed by atoms with van der Waals surface area (Å²) in [4.78, 5) is 18.2. The second kappa shape index (κ2) is 10.5. The lowest BCUT2D eigenvalue weighted by Crippen LogP contribution is -2.46. The third kappa shape index (κ3) is 5.33. The molecule has 0 saturated carbocycles. The summed E-state index contributed by atoms with van der Waals surface area (Å²) in [5, 5.41) is 3.11. The van der Waals surface area contributed by atoms with Gasteiger partial charge in [-0.05, 0) is 42.7 Å². The van der Waals surface area contributed by atoms with Crippen molar-refractivity contribution in [2.24, 2.45) is 13.0 Å². The van der Waals surface area contributed by atoms with Crippen LogP contribution in [0.2, 0.25) is 0 Å². The zero-order valence-corrected chi connectivity index (χ0v) is 20.9. The number of hydrogen-bond donors (Lipinski definition) is 1. The number of imidazole rings is 1. The molecule has 2 heterocycles. The first-order chi connectivity index (χ1) is 16.8. The number of carbonyl (C=O) groups excluding carboxylic acids is 1. The molecule has 186 valence electrons. The maximum Gasteiger partial charge on any atom is 0.243 e. The van der Waals surface area contributed by atoms with Crippen LogP contribution in [0.4, 0.5) is 0 Å². The van der Waals surface area contributed by atoms with Crippen molar-refractivity contribution in [2.75, 3.05) is 27.3 Å². The summed E-state index contributed by atoms with van der Waals surface area (Å²) in [6, 6.07) is 13.2. The number of methoxy groups -OCH3 is 2. The van der Waals surface area contributed by atoms with Crippen LogP contribution >= 0.6 is 0 Å². The standard InChI is InChI=1S/C25H30N4O5S/c1-28-13-11-26-24(28)23(19-14-20(33-2)16-21(15-19)34-3)27-25(30)18-8-7-12-29(17-18)35(31,32)22-9-5-4-6-10-22/h4-6,9-11,13-16,18,23H,7-8,12,17H2,1-3H3,(H,27,30). The van der Waals surface area contributed by atoms with Crippen molar-refractivity contribution in [3.8, 4) is 11.5 Å². The Hall–Kier alpha value is -3.37. The molecular weight excluding hydrogens is 468 g/mol. The molecule has 3 aromatic rings. The molecule has 0 bridgehead atoms. The smallest absolute Gasteiger partial charge is 0.243 e. The molecule has 0 radical (unpaired) electrons. The average Bonchev–Trinajstić information content (AvgIpc) is 3.32. The minimum Gasteiger partial charge on any atom is -0.497 e. The van der Waals surface area contributed by atoms with Gasteiger partial charge in [0, 0.05) is 38.6 Å². The van der Waals surface area contributed by atoms with Crippen molar-refractivity contribution < 1.29 is 22.7 Å². The zero-order chi connectivity index (χ0) is 25.0. The summed E-state index contributed by atoms with van der Waals surface area (Å²) in [6.07, 6.45) is 4.67. The van der Waals surface area contributed by atoms with Crippen molar-refractivity contribution in [1.82, 2.24) is 19.2 Å². The van der Waals surface area contributed by atoms with Crippen LogP contribution in [-0.4, -0.2) is 55.5 Å². The lowest BCUT2D eigenvalue weighted by atomic mass is 9.97. The van der Waals surface area contributed by atoms with E-state index in [1.807, 2.05) is 23.7 Å². The Balaban J connectivity index is 1.60. The van der Waals surface area contributed by atoms with E-state index in [-0.39, 0.29) is 17.3 Å². The Bertz CT molecular complexity index is 1250. The van der Waals surface area contributed by atoms with Crippen LogP contribution in [0.25, 0.3) is 0 Å². The molecule has 35 heavy (non-hydrogen) atoms. The van der Waals surface area contributed by atoms with E-state index in [1.54, 1.807) is 63.0 Å². The number of piperidine rings is 1. The number of aryl methyl sites for hydroxylation is 1. The van der Waals surface area contributed by atoms with Gasteiger partial charge in [-0.2, -0.15) is 4.31 Å². The Morgan fingerprint density at radius 3 is 2.40 bits per heavy atom. The highest BCUT2D eigenvalue weighted by Crippen LogP contribution is 2.31. The average molecular weight is 499 g/mol. The van der Waals surface area contributed by atoms with Gasteiger partial charge in [0.15, 0.2) is 0 Å². The van der Waals surface area contributed by atoms with Crippen LogP contribution in [0.15, 0.2) is 65.8 Å². The Kier molecular flexibility index (Phi) is 7.42. The second-order valence-electron chi connectivity index (χ2n) is 8.50. The van der Waals surface area contributed by atoms with Crippen molar-refractivity contribution in [2.45, 2.75) is 23.8 Å². The molecule has 1 aliphatic rings. The van der Waals surface area contributed by atoms with E-state index in [2.05, 4.69) is 10.3 Å². The number of amides is 1. The molecule has 2 unspecified atom stereocenters. The Morgan fingerprint density at radius 2 is 1.80 bits per heavy atom. The number of hydrogen-bond acceptors (Lipinski definition) is 6. The molecule has 2 atom stereocenters. The predicted octanol–water partition coefficient (Wildman–Crippen LogP) is 2.74. The fourth-order valence-corrected chi connectivity index (χ4v) is 5.87. The van der Waals surface area contributed by atoms with Gasteiger partial charge in [-0.1, -0.05) is 18.2 Å². The van der Waals surface area contributed by atoms with Gasteiger partial charge in [-0.25, -0.2) is 13.4 Å². The number of carbonyl (C=O) groups is 1. The van der Waals surface area contributed by atoms with Crippen molar-refractivity contribution >= 4 is 15.9 Å². The maximum absolute atomic E-state index is 13.5. The summed E-state index contributed by atoms with van der Waals surface area (Å²) in [5.74, 6) is 1.10. The molecule has 10 heteroatoms. The molecule has 1 amide bonds. The van der Waals surface area contributed by atoms with Gasteiger partial charge in [-0.15, -0.1) is 0 Å². The molecule has 1 fully saturated rings. The molecule has 1 N–H and O–H groups in total. The van der Waals surface area contributed by atoms with Gasteiger partial charge in [0.25, 0.3) is 0 Å². The maximum atomic E-state index is 13.5. The van der Waals surface area contributed by atoms with Gasteiger partial charge in [0.2, 0.25) is 15.9 Å². The topological polar surface area (TPSA) is 103 Å². The Labute approximate surface area is 205 Å². The molecule has 1 saturated heterocycles. The van der Waals surface area contributed by atoms with Gasteiger partial charge in [0.05, 0.1) is 25.0 Å². The predicted molar refractivity (Wildman–Crippen MR) is 131 cm³/mol. The van der Waals surface area contributed by atoms with Gasteiger partial charge in [-0.3, -0.25) is 4.79 Å². The summed E-state index contributed by atoms with van der Waals surface area (Å²) in [6.45, 7) is 0.509. The molecule has 1 aliphatic heterocycles. The molecular formula is C25H30N4O5S. The van der Waals surface area contributed by atoms with Crippen molar-refractivity contribution in [3.63, 3.8) is 0 Å². The van der Waals surface area contributed by atoms with Crippen LogP contribution < -0.4 is 14.8 Å². The van der Waals surface area contributed by atoms with E-state index in [0.29, 0.717) is 36.7 Å². The third-order valence-corrected chi connectivity index (χ3v) is 8.13. The fraction of sp³-hybridized carbons (Fsp3) is 0.360. The number of nitrogens with one attached hydrogen (secondary N) is 1. The lowest BCUT2D eigenvalue weighted by molar-refractivity contribution is -0.126. The zero-order valence-electron chi connectivity index (χ0n) is 20.0. The molecule has 9 nitrogen and oxygen atoms in total. The second-order valence-corrected chi connectivity index (χ2v) is 10.4. The molecule has 4 rings (SSSR count). The normalized spacial score (nSPS) is 17.5. The van der Waals surface area contributed by atoms with Crippen molar-refractivity contribution in [3.05, 3.63) is 72.3 Å². The monoisotopic (exact) mass is 498 g/mol. The molecule has 0 spiro atoms. The van der Waals surface area contributed by atoms with E-state index in [0.717, 1.165) is 5.56 Å². The first-order valence-electron chi connectivity index (χ1n) is 11.4. The first-order valence-corrected chi connectivity index (χ1v) is 12.8. The number of sulfonamides is 1.